The normalized spacial score (nSPS) is 16.3. The molecule has 0 N–H and O–H groups in total. The standard InChI is InChI=1S/C76H52N2Se/c1-3-21-47(22-4-1)49-41-43-68-64(45-49)51-25-15-17-38-66(51)77(68)74-57-31-11-7-27-53(57)71(54-28-8-12-32-58(54)74)61-35-20-40-70-73(61)63-37-19-36-62(76(63)79-70)72-55-29-9-13-33-59(55)75(60-34-14-10-30-56(60)72)78-67-39-18-16-26-52(67)65-46-50(42-44-69(65)78)48-23-5-2-6-24-48/h1-19,21-34,36-39,41-46,61,70,73H,20,35,40H2. The Morgan fingerprint density at radius 2 is 0.734 bits per heavy atom. The van der Waals surface area contributed by atoms with Gasteiger partial charge >= 0.3 is 402 Å². The van der Waals surface area contributed by atoms with E-state index >= 15 is 0 Å². The van der Waals surface area contributed by atoms with Crippen molar-refractivity contribution < 1.29 is 0 Å². The smallest absolute Gasteiger partial charge is 0.0544 e. The second-order valence-corrected chi connectivity index (χ2v) is 24.6. The van der Waals surface area contributed by atoms with Crippen LogP contribution in [0.25, 0.3) is 131 Å². The van der Waals surface area contributed by atoms with E-state index in [1.54, 1.807) is 10.0 Å². The number of hydrogen-bond acceptors (Lipinski definition) is 0. The third kappa shape index (κ3) is 6.71. The number of para-hydroxylation sites is 2. The maximum Gasteiger partial charge on any atom is -0.0544 e. The van der Waals surface area contributed by atoms with Gasteiger partial charge in [0.1, 0.15) is 0 Å². The van der Waals surface area contributed by atoms with Gasteiger partial charge in [0, 0.05) is 0 Å². The number of rotatable bonds is 6. The monoisotopic (exact) mass is 1070 g/mol. The van der Waals surface area contributed by atoms with Gasteiger partial charge in [0.15, 0.2) is 0 Å². The Morgan fingerprint density at radius 3 is 1.24 bits per heavy atom. The summed E-state index contributed by atoms with van der Waals surface area (Å²) in [5, 5.41) is 15.7. The van der Waals surface area contributed by atoms with Crippen LogP contribution in [0.1, 0.15) is 42.2 Å². The summed E-state index contributed by atoms with van der Waals surface area (Å²) in [7, 11) is 0. The summed E-state index contributed by atoms with van der Waals surface area (Å²) in [5.41, 5.74) is 18.3. The average molecular weight is 1070 g/mol. The van der Waals surface area contributed by atoms with Crippen LogP contribution < -0.4 is 4.46 Å². The summed E-state index contributed by atoms with van der Waals surface area (Å²) >= 11 is 0.284. The first-order valence-corrected chi connectivity index (χ1v) is 29.9. The van der Waals surface area contributed by atoms with Gasteiger partial charge < -0.3 is 0 Å². The fraction of sp³-hybridized carbons (Fsp3) is 0.0789. The first kappa shape index (κ1) is 45.1. The number of aromatic nitrogens is 2. The van der Waals surface area contributed by atoms with Gasteiger partial charge in [0.05, 0.1) is 0 Å². The van der Waals surface area contributed by atoms with Crippen LogP contribution in [0.15, 0.2) is 261 Å². The number of hydrogen-bond donors (Lipinski definition) is 0. The number of fused-ring (bicyclic) bond motifs is 13. The third-order valence-electron chi connectivity index (χ3n) is 18.0. The van der Waals surface area contributed by atoms with E-state index in [0.717, 1.165) is 0 Å². The second kappa shape index (κ2) is 17.8. The van der Waals surface area contributed by atoms with Gasteiger partial charge in [-0.1, -0.05) is 60.7 Å². The number of benzene rings is 13. The zero-order chi connectivity index (χ0) is 51.7. The van der Waals surface area contributed by atoms with Crippen LogP contribution in [-0.2, 0) is 0 Å². The topological polar surface area (TPSA) is 9.86 Å². The van der Waals surface area contributed by atoms with E-state index in [0.29, 0.717) is 16.7 Å². The average Bonchev–Trinajstić information content (AvgIpc) is 4.40. The third-order valence-corrected chi connectivity index (χ3v) is 21.2. The Morgan fingerprint density at radius 1 is 0.316 bits per heavy atom. The molecule has 0 saturated heterocycles. The molecule has 79 heavy (non-hydrogen) atoms. The van der Waals surface area contributed by atoms with Gasteiger partial charge in [-0.3, -0.25) is 0 Å². The maximum absolute atomic E-state index is 2.58. The molecule has 2 aromatic heterocycles. The Bertz CT molecular complexity index is 4870. The summed E-state index contributed by atoms with van der Waals surface area (Å²) < 4.78 is 6.76. The molecule has 372 valence electrons. The van der Waals surface area contributed by atoms with Gasteiger partial charge in [-0.05, 0) is 5.56 Å². The predicted octanol–water partition coefficient (Wildman–Crippen LogP) is 19.7. The van der Waals surface area contributed by atoms with Gasteiger partial charge in [0.2, 0.25) is 0 Å². The van der Waals surface area contributed by atoms with E-state index in [4.69, 9.17) is 0 Å². The Kier molecular flexibility index (Phi) is 10.1. The molecule has 1 fully saturated rings. The first-order chi connectivity index (χ1) is 39.2. The fourth-order valence-electron chi connectivity index (χ4n) is 14.8. The molecule has 1 saturated carbocycles. The van der Waals surface area contributed by atoms with E-state index in [2.05, 4.69) is 270 Å². The fourth-order valence-corrected chi connectivity index (χ4v) is 18.4. The van der Waals surface area contributed by atoms with Crippen molar-refractivity contribution in [3.63, 3.8) is 0 Å². The first-order valence-electron chi connectivity index (χ1n) is 28.1. The van der Waals surface area contributed by atoms with E-state index in [1.165, 1.54) is 156 Å². The molecule has 13 aromatic carbocycles. The van der Waals surface area contributed by atoms with Gasteiger partial charge in [0.25, 0.3) is 0 Å². The van der Waals surface area contributed by atoms with Crippen molar-refractivity contribution in [2.75, 3.05) is 0 Å². The molecule has 3 heteroatoms. The van der Waals surface area contributed by atoms with Gasteiger partial charge in [-0.25, -0.2) is 0 Å². The van der Waals surface area contributed by atoms with Crippen LogP contribution in [0.4, 0.5) is 0 Å². The zero-order valence-electron chi connectivity index (χ0n) is 43.5. The predicted molar refractivity (Wildman–Crippen MR) is 336 cm³/mol. The molecule has 3 heterocycles. The molecule has 0 spiro atoms. The van der Waals surface area contributed by atoms with Crippen LogP contribution >= 0.6 is 0 Å². The Balaban J connectivity index is 0.852. The Labute approximate surface area is 465 Å². The molecule has 0 bridgehead atoms. The van der Waals surface area contributed by atoms with Crippen LogP contribution in [0.5, 0.6) is 0 Å². The van der Waals surface area contributed by atoms with Crippen LogP contribution in [-0.4, -0.2) is 24.1 Å². The molecule has 1 aliphatic heterocycles. The van der Waals surface area contributed by atoms with Crippen LogP contribution in [0.3, 0.4) is 0 Å². The molecular weight excluding hydrogens is 1020 g/mol. The summed E-state index contributed by atoms with van der Waals surface area (Å²) in [4.78, 5) is 0.617. The van der Waals surface area contributed by atoms with Crippen molar-refractivity contribution in [2.24, 2.45) is 0 Å². The molecule has 2 nitrogen and oxygen atoms in total. The van der Waals surface area contributed by atoms with Gasteiger partial charge in [-0.2, -0.15) is 0 Å². The van der Waals surface area contributed by atoms with Crippen molar-refractivity contribution in [1.82, 2.24) is 9.13 Å². The van der Waals surface area contributed by atoms with Crippen LogP contribution in [0.2, 0.25) is 4.82 Å². The SMILES string of the molecule is c1ccc(-c2ccc3c(c2)c2ccccc2n3-c2c3ccccc3c(-c3cccc4c3[Se]C3CCCC(c5c6ccccc6c(-n6c7ccccc7c7cc(-c8ccccc8)ccc76)c6ccccc56)C43)c3ccccc23)cc1. The molecule has 0 radical (unpaired) electrons. The molecule has 0 amide bonds. The van der Waals surface area contributed by atoms with Crippen LogP contribution in [0, 0.1) is 0 Å². The van der Waals surface area contributed by atoms with Crippen molar-refractivity contribution >= 4 is 106 Å². The summed E-state index contributed by atoms with van der Waals surface area (Å²) in [6.45, 7) is 0. The van der Waals surface area contributed by atoms with E-state index in [9.17, 15) is 0 Å². The van der Waals surface area contributed by atoms with Crippen molar-refractivity contribution in [3.05, 3.63) is 272 Å². The summed E-state index contributed by atoms with van der Waals surface area (Å²) in [6, 6.07) is 98.6. The van der Waals surface area contributed by atoms with Crippen molar-refractivity contribution in [2.45, 2.75) is 35.9 Å². The molecule has 3 atom stereocenters. The Hall–Kier alpha value is -8.98. The summed E-state index contributed by atoms with van der Waals surface area (Å²) in [5.74, 6) is 0.808. The molecule has 17 rings (SSSR count). The van der Waals surface area contributed by atoms with Crippen molar-refractivity contribution in [1.29, 1.82) is 0 Å². The van der Waals surface area contributed by atoms with E-state index < -0.39 is 0 Å². The molecule has 3 unspecified atom stereocenters. The van der Waals surface area contributed by atoms with Gasteiger partial charge in [-0.15, -0.1) is 0 Å². The van der Waals surface area contributed by atoms with E-state index in [-0.39, 0.29) is 15.0 Å². The number of nitrogens with zero attached hydrogens (tertiary/aromatic N) is 2. The molecule has 2 aliphatic rings. The summed E-state index contributed by atoms with van der Waals surface area (Å²) in [6.07, 6.45) is 3.69. The molecular formula is C76H52N2Se. The quantitative estimate of drug-likeness (QED) is 0.116. The van der Waals surface area contributed by atoms with E-state index in [1.807, 2.05) is 0 Å². The minimum Gasteiger partial charge on any atom is -0.0617 e. The zero-order valence-corrected chi connectivity index (χ0v) is 45.2. The largest absolute Gasteiger partial charge is 0.0617 e. The minimum absolute atomic E-state index is 0.284. The molecule has 1 aliphatic carbocycles. The molecule has 15 aromatic rings. The van der Waals surface area contributed by atoms with Crippen molar-refractivity contribution in [3.8, 4) is 44.8 Å². The maximum atomic E-state index is 2.58. The second-order valence-electron chi connectivity index (χ2n) is 22.0. The minimum atomic E-state index is 0.284.